The van der Waals surface area contributed by atoms with Crippen molar-refractivity contribution in [1.29, 1.82) is 0 Å². The lowest BCUT2D eigenvalue weighted by atomic mass is 10.1. The monoisotopic (exact) mass is 215 g/mol. The molecular formula is C13H13NO2. The van der Waals surface area contributed by atoms with Crippen LogP contribution >= 0.6 is 0 Å². The van der Waals surface area contributed by atoms with Crippen LogP contribution in [0.5, 0.6) is 5.75 Å². The summed E-state index contributed by atoms with van der Waals surface area (Å²) in [5.41, 5.74) is 7.13. The van der Waals surface area contributed by atoms with E-state index in [0.29, 0.717) is 6.54 Å². The summed E-state index contributed by atoms with van der Waals surface area (Å²) in [6.45, 7) is 0.289. The normalized spacial score (nSPS) is 17.0. The number of fused-ring (bicyclic) bond motifs is 1. The molecule has 1 heterocycles. The molecule has 1 aliphatic heterocycles. The van der Waals surface area contributed by atoms with Crippen LogP contribution in [-0.2, 0) is 0 Å². The fourth-order valence-corrected chi connectivity index (χ4v) is 1.56. The molecule has 1 unspecified atom stereocenters. The van der Waals surface area contributed by atoms with Crippen molar-refractivity contribution in [2.45, 2.75) is 6.10 Å². The fourth-order valence-electron chi connectivity index (χ4n) is 1.56. The maximum Gasteiger partial charge on any atom is 0.143 e. The zero-order valence-electron chi connectivity index (χ0n) is 8.81. The van der Waals surface area contributed by atoms with Crippen LogP contribution in [0.3, 0.4) is 0 Å². The molecule has 3 nitrogen and oxygen atoms in total. The van der Waals surface area contributed by atoms with Crippen molar-refractivity contribution < 1.29 is 9.84 Å². The summed E-state index contributed by atoms with van der Waals surface area (Å²) in [7, 11) is 0. The number of para-hydroxylation sites is 1. The molecule has 1 aliphatic rings. The molecule has 1 aromatic carbocycles. The van der Waals surface area contributed by atoms with Gasteiger partial charge in [0.05, 0.1) is 18.7 Å². The van der Waals surface area contributed by atoms with Gasteiger partial charge in [0.2, 0.25) is 0 Å². The quantitative estimate of drug-likeness (QED) is 0.680. The average Bonchev–Trinajstić information content (AvgIpc) is 2.35. The Labute approximate surface area is 94.5 Å². The summed E-state index contributed by atoms with van der Waals surface area (Å²) in [5, 5.41) is 9.05. The standard InChI is InChI=1S/C13H13NO2/c14-8-2-5-10-3-1-4-11-6-7-12(9-15)16-13(10)11/h1,3-4,6-7,12,15H,8-9,14H2. The summed E-state index contributed by atoms with van der Waals surface area (Å²) in [6, 6.07) is 5.76. The van der Waals surface area contributed by atoms with Gasteiger partial charge in [-0.05, 0) is 12.1 Å². The van der Waals surface area contributed by atoms with Crippen LogP contribution < -0.4 is 10.5 Å². The van der Waals surface area contributed by atoms with Gasteiger partial charge in [-0.15, -0.1) is 0 Å². The highest BCUT2D eigenvalue weighted by Gasteiger charge is 2.15. The molecule has 0 aromatic heterocycles. The largest absolute Gasteiger partial charge is 0.482 e. The van der Waals surface area contributed by atoms with Gasteiger partial charge in [0.25, 0.3) is 0 Å². The number of hydrogen-bond donors (Lipinski definition) is 2. The van der Waals surface area contributed by atoms with Crippen LogP contribution in [-0.4, -0.2) is 24.4 Å². The Morgan fingerprint density at radius 2 is 2.31 bits per heavy atom. The third-order valence-electron chi connectivity index (χ3n) is 2.31. The predicted molar refractivity (Wildman–Crippen MR) is 62.9 cm³/mol. The van der Waals surface area contributed by atoms with Crippen molar-refractivity contribution in [1.82, 2.24) is 0 Å². The number of nitrogens with two attached hydrogens (primary N) is 1. The fraction of sp³-hybridized carbons (Fsp3) is 0.231. The molecule has 0 fully saturated rings. The molecule has 0 saturated carbocycles. The van der Waals surface area contributed by atoms with E-state index in [1.54, 1.807) is 0 Å². The molecule has 0 radical (unpaired) electrons. The summed E-state index contributed by atoms with van der Waals surface area (Å²) < 4.78 is 5.63. The van der Waals surface area contributed by atoms with Crippen molar-refractivity contribution in [2.75, 3.05) is 13.2 Å². The summed E-state index contributed by atoms with van der Waals surface area (Å²) >= 11 is 0. The molecular weight excluding hydrogens is 202 g/mol. The Kier molecular flexibility index (Phi) is 3.25. The Hall–Kier alpha value is -1.76. The summed E-state index contributed by atoms with van der Waals surface area (Å²) in [6.07, 6.45) is 3.49. The molecule has 16 heavy (non-hydrogen) atoms. The number of hydrogen-bond acceptors (Lipinski definition) is 3. The third kappa shape index (κ3) is 2.08. The van der Waals surface area contributed by atoms with Crippen LogP contribution in [0.1, 0.15) is 11.1 Å². The van der Waals surface area contributed by atoms with Gasteiger partial charge in [0, 0.05) is 5.56 Å². The average molecular weight is 215 g/mol. The smallest absolute Gasteiger partial charge is 0.143 e. The van der Waals surface area contributed by atoms with Gasteiger partial charge in [-0.25, -0.2) is 0 Å². The van der Waals surface area contributed by atoms with Crippen LogP contribution in [0.25, 0.3) is 6.08 Å². The minimum Gasteiger partial charge on any atom is -0.482 e. The zero-order chi connectivity index (χ0) is 11.4. The molecule has 3 N–H and O–H groups in total. The van der Waals surface area contributed by atoms with E-state index in [9.17, 15) is 0 Å². The molecule has 0 saturated heterocycles. The van der Waals surface area contributed by atoms with Crippen molar-refractivity contribution in [2.24, 2.45) is 5.73 Å². The third-order valence-corrected chi connectivity index (χ3v) is 2.31. The maximum absolute atomic E-state index is 9.05. The highest BCUT2D eigenvalue weighted by molar-refractivity contribution is 5.65. The minimum absolute atomic E-state index is 0.0331. The van der Waals surface area contributed by atoms with Gasteiger partial charge < -0.3 is 15.6 Å². The van der Waals surface area contributed by atoms with Crippen LogP contribution in [0.15, 0.2) is 24.3 Å². The van der Waals surface area contributed by atoms with E-state index < -0.39 is 0 Å². The Bertz CT molecular complexity index is 469. The Balaban J connectivity index is 2.40. The molecule has 3 heteroatoms. The first kappa shape index (κ1) is 10.7. The first-order chi connectivity index (χ1) is 7.85. The van der Waals surface area contributed by atoms with E-state index in [4.69, 9.17) is 15.6 Å². The molecule has 0 bridgehead atoms. The second-order valence-electron chi connectivity index (χ2n) is 3.43. The van der Waals surface area contributed by atoms with Crippen LogP contribution in [0.4, 0.5) is 0 Å². The van der Waals surface area contributed by atoms with Gasteiger partial charge in [0.1, 0.15) is 11.9 Å². The van der Waals surface area contributed by atoms with E-state index in [-0.39, 0.29) is 12.7 Å². The van der Waals surface area contributed by atoms with Crippen molar-refractivity contribution in [3.05, 3.63) is 35.4 Å². The molecule has 0 amide bonds. The molecule has 2 rings (SSSR count). The minimum atomic E-state index is -0.284. The van der Waals surface area contributed by atoms with Crippen molar-refractivity contribution >= 4 is 6.08 Å². The number of benzene rings is 1. The Morgan fingerprint density at radius 3 is 3.06 bits per heavy atom. The second kappa shape index (κ2) is 4.84. The topological polar surface area (TPSA) is 55.5 Å². The van der Waals surface area contributed by atoms with Crippen molar-refractivity contribution in [3.8, 4) is 17.6 Å². The van der Waals surface area contributed by atoms with E-state index in [2.05, 4.69) is 11.8 Å². The first-order valence-electron chi connectivity index (χ1n) is 5.13. The maximum atomic E-state index is 9.05. The number of aliphatic hydroxyl groups is 1. The number of rotatable bonds is 1. The Morgan fingerprint density at radius 1 is 1.44 bits per heavy atom. The molecule has 0 aliphatic carbocycles. The zero-order valence-corrected chi connectivity index (χ0v) is 8.81. The highest BCUT2D eigenvalue weighted by Crippen LogP contribution is 2.29. The predicted octanol–water partition coefficient (Wildman–Crippen LogP) is 0.763. The van der Waals surface area contributed by atoms with Gasteiger partial charge in [-0.3, -0.25) is 0 Å². The molecule has 0 spiro atoms. The van der Waals surface area contributed by atoms with E-state index in [1.165, 1.54) is 0 Å². The van der Waals surface area contributed by atoms with Gasteiger partial charge in [0.15, 0.2) is 0 Å². The molecule has 82 valence electrons. The van der Waals surface area contributed by atoms with E-state index in [0.717, 1.165) is 16.9 Å². The van der Waals surface area contributed by atoms with Crippen LogP contribution in [0.2, 0.25) is 0 Å². The van der Waals surface area contributed by atoms with Gasteiger partial charge in [-0.2, -0.15) is 0 Å². The van der Waals surface area contributed by atoms with E-state index >= 15 is 0 Å². The number of ether oxygens (including phenoxy) is 1. The second-order valence-corrected chi connectivity index (χ2v) is 3.43. The summed E-state index contributed by atoms with van der Waals surface area (Å²) in [4.78, 5) is 0. The van der Waals surface area contributed by atoms with Crippen LogP contribution in [0, 0.1) is 11.8 Å². The first-order valence-corrected chi connectivity index (χ1v) is 5.13. The van der Waals surface area contributed by atoms with Crippen molar-refractivity contribution in [3.63, 3.8) is 0 Å². The lowest BCUT2D eigenvalue weighted by Crippen LogP contribution is -2.21. The van der Waals surface area contributed by atoms with E-state index in [1.807, 2.05) is 30.4 Å². The van der Waals surface area contributed by atoms with Gasteiger partial charge >= 0.3 is 0 Å². The number of aliphatic hydroxyl groups excluding tert-OH is 1. The highest BCUT2D eigenvalue weighted by atomic mass is 16.5. The SMILES string of the molecule is NCC#Cc1cccc2c1OC(CO)C=C2. The lowest BCUT2D eigenvalue weighted by molar-refractivity contribution is 0.147. The van der Waals surface area contributed by atoms with Gasteiger partial charge in [-0.1, -0.05) is 30.0 Å². The molecule has 1 atom stereocenters. The molecule has 1 aromatic rings. The summed E-state index contributed by atoms with van der Waals surface area (Å²) in [5.74, 6) is 6.49. The lowest BCUT2D eigenvalue weighted by Gasteiger charge is -2.20.